The lowest BCUT2D eigenvalue weighted by atomic mass is 9.98. The summed E-state index contributed by atoms with van der Waals surface area (Å²) in [4.78, 5) is 14.7. The van der Waals surface area contributed by atoms with E-state index < -0.39 is 9.84 Å². The Morgan fingerprint density at radius 2 is 1.76 bits per heavy atom. The van der Waals surface area contributed by atoms with Gasteiger partial charge in [0.15, 0.2) is 9.84 Å². The van der Waals surface area contributed by atoms with Crippen LogP contribution in [-0.4, -0.2) is 62.3 Å². The normalized spacial score (nSPS) is 20.2. The number of para-hydroxylation sites is 1. The topological polar surface area (TPSA) is 75.6 Å². The summed E-state index contributed by atoms with van der Waals surface area (Å²) >= 11 is 0. The van der Waals surface area contributed by atoms with Gasteiger partial charge in [-0.05, 0) is 63.4 Å². The summed E-state index contributed by atoms with van der Waals surface area (Å²) < 4.78 is 29.7. The molecule has 1 aromatic heterocycles. The minimum absolute atomic E-state index is 0.291. The molecular weight excluding hydrogens is 448 g/mol. The highest BCUT2D eigenvalue weighted by Gasteiger charge is 2.35. The minimum atomic E-state index is -3.28. The summed E-state index contributed by atoms with van der Waals surface area (Å²) in [6.07, 6.45) is 5.70. The number of fused-ring (bicyclic) bond motifs is 1. The number of benzene rings is 2. The van der Waals surface area contributed by atoms with Crippen LogP contribution in [-0.2, 0) is 9.84 Å². The van der Waals surface area contributed by atoms with Crippen molar-refractivity contribution in [3.63, 3.8) is 0 Å². The highest BCUT2D eigenvalue weighted by Crippen LogP contribution is 2.40. The second-order valence-corrected chi connectivity index (χ2v) is 11.4. The zero-order valence-electron chi connectivity index (χ0n) is 20.1. The van der Waals surface area contributed by atoms with Gasteiger partial charge in [0.05, 0.1) is 23.2 Å². The predicted octanol–water partition coefficient (Wildman–Crippen LogP) is 4.16. The molecule has 5 rings (SSSR count). The number of hydrogen-bond donors (Lipinski definition) is 0. The fourth-order valence-corrected chi connectivity index (χ4v) is 6.17. The maximum Gasteiger partial charge on any atom is 0.226 e. The molecule has 0 bridgehead atoms. The molecule has 2 saturated heterocycles. The average molecular weight is 481 g/mol. The van der Waals surface area contributed by atoms with Crippen LogP contribution in [0.15, 0.2) is 47.4 Å². The lowest BCUT2D eigenvalue weighted by molar-refractivity contribution is 0.152. The first-order chi connectivity index (χ1) is 16.3. The average Bonchev–Trinajstić information content (AvgIpc) is 3.33. The number of likely N-dealkylation sites (tertiary alicyclic amines) is 1. The van der Waals surface area contributed by atoms with Gasteiger partial charge in [0, 0.05) is 42.4 Å². The predicted molar refractivity (Wildman–Crippen MR) is 134 cm³/mol. The van der Waals surface area contributed by atoms with E-state index in [2.05, 4.69) is 28.0 Å². The van der Waals surface area contributed by atoms with E-state index in [4.69, 9.17) is 14.7 Å². The Morgan fingerprint density at radius 1 is 1.00 bits per heavy atom. The van der Waals surface area contributed by atoms with Gasteiger partial charge in [-0.2, -0.15) is 0 Å². The zero-order valence-corrected chi connectivity index (χ0v) is 20.9. The van der Waals surface area contributed by atoms with Crippen molar-refractivity contribution in [3.05, 3.63) is 53.7 Å². The third kappa shape index (κ3) is 4.36. The van der Waals surface area contributed by atoms with E-state index in [9.17, 15) is 8.42 Å². The highest BCUT2D eigenvalue weighted by molar-refractivity contribution is 7.90. The number of sulfone groups is 1. The van der Waals surface area contributed by atoms with Crippen molar-refractivity contribution in [3.8, 4) is 5.75 Å². The first kappa shape index (κ1) is 23.1. The summed E-state index contributed by atoms with van der Waals surface area (Å²) in [6.45, 7) is 4.85. The molecule has 2 aliphatic heterocycles. The molecule has 2 aromatic carbocycles. The van der Waals surface area contributed by atoms with Gasteiger partial charge in [0.2, 0.25) is 5.95 Å². The largest absolute Gasteiger partial charge is 0.496 e. The van der Waals surface area contributed by atoms with Gasteiger partial charge in [-0.3, -0.25) is 4.90 Å². The van der Waals surface area contributed by atoms with E-state index >= 15 is 0 Å². The molecular formula is C26H32N4O3S. The first-order valence-electron chi connectivity index (χ1n) is 12.0. The molecule has 34 heavy (non-hydrogen) atoms. The van der Waals surface area contributed by atoms with E-state index in [-0.39, 0.29) is 0 Å². The van der Waals surface area contributed by atoms with Crippen LogP contribution >= 0.6 is 0 Å². The lowest BCUT2D eigenvalue weighted by Crippen LogP contribution is -2.45. The van der Waals surface area contributed by atoms with Gasteiger partial charge in [0.25, 0.3) is 0 Å². The fourth-order valence-electron chi connectivity index (χ4n) is 5.52. The Kier molecular flexibility index (Phi) is 6.20. The molecule has 7 nitrogen and oxygen atoms in total. The SMILES string of the molecule is COc1ccccc1C1CCCN1C1CCN(c2nc(C)c3ccc(S(C)(=O)=O)cc3n2)CC1. The van der Waals surface area contributed by atoms with E-state index in [1.807, 2.05) is 19.1 Å². The van der Waals surface area contributed by atoms with Gasteiger partial charge < -0.3 is 9.64 Å². The van der Waals surface area contributed by atoms with Crippen LogP contribution in [0.1, 0.15) is 43.0 Å². The first-order valence-corrected chi connectivity index (χ1v) is 13.9. The summed E-state index contributed by atoms with van der Waals surface area (Å²) in [5, 5.41) is 0.891. The van der Waals surface area contributed by atoms with Crippen molar-refractivity contribution in [2.45, 2.75) is 49.6 Å². The molecule has 1 atom stereocenters. The minimum Gasteiger partial charge on any atom is -0.496 e. The van der Waals surface area contributed by atoms with Crippen LogP contribution < -0.4 is 9.64 Å². The van der Waals surface area contributed by atoms with Crippen molar-refractivity contribution in [1.82, 2.24) is 14.9 Å². The number of piperidine rings is 1. The highest BCUT2D eigenvalue weighted by atomic mass is 32.2. The number of aromatic nitrogens is 2. The number of rotatable bonds is 5. The monoisotopic (exact) mass is 480 g/mol. The summed E-state index contributed by atoms with van der Waals surface area (Å²) in [5.41, 5.74) is 2.85. The summed E-state index contributed by atoms with van der Waals surface area (Å²) in [7, 11) is -1.53. The molecule has 8 heteroatoms. The van der Waals surface area contributed by atoms with E-state index in [0.29, 0.717) is 28.4 Å². The number of aryl methyl sites for hydroxylation is 1. The second kappa shape index (κ2) is 9.15. The van der Waals surface area contributed by atoms with Crippen LogP contribution in [0.3, 0.4) is 0 Å². The fraction of sp³-hybridized carbons (Fsp3) is 0.462. The molecule has 0 aliphatic carbocycles. The van der Waals surface area contributed by atoms with Gasteiger partial charge in [0.1, 0.15) is 5.75 Å². The van der Waals surface area contributed by atoms with E-state index in [1.165, 1.54) is 18.2 Å². The van der Waals surface area contributed by atoms with Crippen molar-refractivity contribution >= 4 is 26.7 Å². The van der Waals surface area contributed by atoms with Crippen molar-refractivity contribution < 1.29 is 13.2 Å². The number of anilines is 1. The number of ether oxygens (including phenoxy) is 1. The molecule has 180 valence electrons. The summed E-state index contributed by atoms with van der Waals surface area (Å²) in [6, 6.07) is 14.4. The Morgan fingerprint density at radius 3 is 2.50 bits per heavy atom. The van der Waals surface area contributed by atoms with Gasteiger partial charge >= 0.3 is 0 Å². The van der Waals surface area contributed by atoms with Crippen LogP contribution in [0.4, 0.5) is 5.95 Å². The van der Waals surface area contributed by atoms with Crippen molar-refractivity contribution in [2.24, 2.45) is 0 Å². The second-order valence-electron chi connectivity index (χ2n) is 9.42. The third-order valence-corrected chi connectivity index (χ3v) is 8.39. The lowest BCUT2D eigenvalue weighted by Gasteiger charge is -2.39. The molecule has 2 fully saturated rings. The standard InChI is InChI=1S/C26H32N4O3S/c1-18-21-11-10-20(34(3,31)32)17-23(21)28-26(27-18)29-15-12-19(13-16-29)30-14-6-8-24(30)22-7-4-5-9-25(22)33-2/h4-5,7,9-11,17,19,24H,6,8,12-16H2,1-3H3. The number of methoxy groups -OCH3 is 1. The molecule has 0 N–H and O–H groups in total. The molecule has 3 aromatic rings. The molecule has 2 aliphatic rings. The van der Waals surface area contributed by atoms with Gasteiger partial charge in [-0.1, -0.05) is 18.2 Å². The van der Waals surface area contributed by atoms with Crippen LogP contribution in [0, 0.1) is 6.92 Å². The number of hydrogen-bond acceptors (Lipinski definition) is 7. The Balaban J connectivity index is 1.34. The van der Waals surface area contributed by atoms with Gasteiger partial charge in [-0.25, -0.2) is 18.4 Å². The molecule has 0 radical (unpaired) electrons. The maximum absolute atomic E-state index is 12.0. The molecule has 0 spiro atoms. The molecule has 3 heterocycles. The van der Waals surface area contributed by atoms with E-state index in [0.717, 1.165) is 55.7 Å². The summed E-state index contributed by atoms with van der Waals surface area (Å²) in [5.74, 6) is 1.67. The van der Waals surface area contributed by atoms with Crippen molar-refractivity contribution in [1.29, 1.82) is 0 Å². The molecule has 0 amide bonds. The number of nitrogens with zero attached hydrogens (tertiary/aromatic N) is 4. The van der Waals surface area contributed by atoms with Crippen LogP contribution in [0.25, 0.3) is 10.9 Å². The van der Waals surface area contributed by atoms with Gasteiger partial charge in [-0.15, -0.1) is 0 Å². The van der Waals surface area contributed by atoms with Crippen LogP contribution in [0.2, 0.25) is 0 Å². The molecule has 0 saturated carbocycles. The maximum atomic E-state index is 12.0. The smallest absolute Gasteiger partial charge is 0.226 e. The van der Waals surface area contributed by atoms with Crippen LogP contribution in [0.5, 0.6) is 5.75 Å². The quantitative estimate of drug-likeness (QED) is 0.543. The third-order valence-electron chi connectivity index (χ3n) is 7.28. The van der Waals surface area contributed by atoms with E-state index in [1.54, 1.807) is 19.2 Å². The Labute approximate surface area is 201 Å². The molecule has 1 unspecified atom stereocenters. The Hall–Kier alpha value is -2.71. The van der Waals surface area contributed by atoms with Crippen molar-refractivity contribution in [2.75, 3.05) is 37.9 Å². The Bertz CT molecular complexity index is 1300. The zero-order chi connectivity index (χ0) is 23.9.